The van der Waals surface area contributed by atoms with Crippen molar-refractivity contribution in [3.8, 4) is 11.4 Å². The summed E-state index contributed by atoms with van der Waals surface area (Å²) in [6.45, 7) is 6.67. The third kappa shape index (κ3) is 3.66. The van der Waals surface area contributed by atoms with Crippen LogP contribution >= 0.6 is 15.9 Å². The average molecular weight is 352 g/mol. The van der Waals surface area contributed by atoms with Crippen LogP contribution < -0.4 is 5.73 Å². The lowest BCUT2D eigenvalue weighted by Crippen LogP contribution is -2.15. The molecule has 1 heterocycles. The van der Waals surface area contributed by atoms with Crippen molar-refractivity contribution >= 4 is 15.9 Å². The lowest BCUT2D eigenvalue weighted by molar-refractivity contribution is 0.586. The van der Waals surface area contributed by atoms with Gasteiger partial charge in [0.25, 0.3) is 0 Å². The first kappa shape index (κ1) is 16.0. The second kappa shape index (κ2) is 6.62. The van der Waals surface area contributed by atoms with Crippen LogP contribution in [0.2, 0.25) is 0 Å². The molecule has 0 saturated carbocycles. The van der Waals surface area contributed by atoms with Crippen LogP contribution in [0.5, 0.6) is 0 Å². The van der Waals surface area contributed by atoms with Crippen LogP contribution in [0.25, 0.3) is 11.4 Å². The Morgan fingerprint density at radius 1 is 1.24 bits per heavy atom. The van der Waals surface area contributed by atoms with Gasteiger partial charge < -0.3 is 5.73 Å². The van der Waals surface area contributed by atoms with Gasteiger partial charge in [0.05, 0.1) is 0 Å². The van der Waals surface area contributed by atoms with Crippen molar-refractivity contribution in [2.45, 2.75) is 27.2 Å². The smallest absolute Gasteiger partial charge is 0.160 e. The highest BCUT2D eigenvalue weighted by molar-refractivity contribution is 9.10. The third-order valence-electron chi connectivity index (χ3n) is 3.54. The molecule has 0 aliphatic carbocycles. The Bertz CT molecular complexity index is 635. The van der Waals surface area contributed by atoms with Gasteiger partial charge >= 0.3 is 0 Å². The number of aryl methyl sites for hydroxylation is 2. The molecule has 2 aromatic rings. The van der Waals surface area contributed by atoms with E-state index >= 15 is 0 Å². The highest BCUT2D eigenvalue weighted by Crippen LogP contribution is 2.28. The predicted molar refractivity (Wildman–Crippen MR) is 86.5 cm³/mol. The van der Waals surface area contributed by atoms with E-state index in [0.717, 1.165) is 27.8 Å². The van der Waals surface area contributed by atoms with E-state index in [9.17, 15) is 4.39 Å². The zero-order chi connectivity index (χ0) is 15.6. The fourth-order valence-corrected chi connectivity index (χ4v) is 2.68. The van der Waals surface area contributed by atoms with Crippen LogP contribution in [0.15, 0.2) is 22.7 Å². The zero-order valence-corrected chi connectivity index (χ0v) is 14.0. The van der Waals surface area contributed by atoms with E-state index < -0.39 is 0 Å². The van der Waals surface area contributed by atoms with Crippen molar-refractivity contribution in [2.75, 3.05) is 6.54 Å². The van der Waals surface area contributed by atoms with E-state index in [1.165, 1.54) is 12.1 Å². The number of nitrogens with zero attached hydrogens (tertiary/aromatic N) is 2. The Hall–Kier alpha value is -1.33. The molecule has 112 valence electrons. The van der Waals surface area contributed by atoms with E-state index in [2.05, 4.69) is 32.8 Å². The molecule has 2 N–H and O–H groups in total. The number of halogens is 2. The van der Waals surface area contributed by atoms with Crippen molar-refractivity contribution in [3.63, 3.8) is 0 Å². The van der Waals surface area contributed by atoms with Crippen LogP contribution in [0, 0.1) is 25.6 Å². The molecule has 0 saturated heterocycles. The van der Waals surface area contributed by atoms with Crippen molar-refractivity contribution in [1.82, 2.24) is 9.97 Å². The summed E-state index contributed by atoms with van der Waals surface area (Å²) in [4.78, 5) is 9.09. The summed E-state index contributed by atoms with van der Waals surface area (Å²) in [5.41, 5.74) is 9.33. The molecule has 1 atom stereocenters. The first-order chi connectivity index (χ1) is 9.92. The number of hydrogen-bond acceptors (Lipinski definition) is 3. The maximum absolute atomic E-state index is 13.4. The predicted octanol–water partition coefficient (Wildman–Crippen LogP) is 3.80. The van der Waals surface area contributed by atoms with Crippen molar-refractivity contribution in [2.24, 2.45) is 11.7 Å². The van der Waals surface area contributed by atoms with E-state index in [0.29, 0.717) is 23.9 Å². The number of benzene rings is 1. The molecular weight excluding hydrogens is 333 g/mol. The first-order valence-corrected chi connectivity index (χ1v) is 7.71. The van der Waals surface area contributed by atoms with Gasteiger partial charge in [-0.3, -0.25) is 0 Å². The monoisotopic (exact) mass is 351 g/mol. The SMILES string of the molecule is Cc1nc(-c2cc(F)ccc2Br)nc(C)c1CC(C)CN. The Balaban J connectivity index is 2.46. The van der Waals surface area contributed by atoms with Crippen molar-refractivity contribution in [3.05, 3.63) is 45.4 Å². The summed E-state index contributed by atoms with van der Waals surface area (Å²) in [6.07, 6.45) is 0.860. The highest BCUT2D eigenvalue weighted by Gasteiger charge is 2.14. The first-order valence-electron chi connectivity index (χ1n) is 6.92. The minimum absolute atomic E-state index is 0.298. The molecule has 0 aliphatic heterocycles. The fourth-order valence-electron chi connectivity index (χ4n) is 2.26. The number of rotatable bonds is 4. The fraction of sp³-hybridized carbons (Fsp3) is 0.375. The topological polar surface area (TPSA) is 51.8 Å². The molecule has 1 aromatic carbocycles. The molecule has 0 bridgehead atoms. The lowest BCUT2D eigenvalue weighted by atomic mass is 9.99. The zero-order valence-electron chi connectivity index (χ0n) is 12.5. The molecule has 0 amide bonds. The quantitative estimate of drug-likeness (QED) is 0.911. The Labute approximate surface area is 132 Å². The van der Waals surface area contributed by atoms with E-state index in [1.54, 1.807) is 6.07 Å². The van der Waals surface area contributed by atoms with Crippen LogP contribution in [0.4, 0.5) is 4.39 Å². The molecular formula is C16H19BrFN3. The third-order valence-corrected chi connectivity index (χ3v) is 4.24. The summed E-state index contributed by atoms with van der Waals surface area (Å²) in [5, 5.41) is 0. The second-order valence-electron chi connectivity index (χ2n) is 5.37. The molecule has 0 spiro atoms. The van der Waals surface area contributed by atoms with E-state index in [-0.39, 0.29) is 5.82 Å². The van der Waals surface area contributed by atoms with Gasteiger partial charge in [-0.25, -0.2) is 14.4 Å². The molecule has 0 aliphatic rings. The van der Waals surface area contributed by atoms with Gasteiger partial charge in [-0.2, -0.15) is 0 Å². The molecule has 0 fully saturated rings. The summed E-state index contributed by atoms with van der Waals surface area (Å²) >= 11 is 3.42. The summed E-state index contributed by atoms with van der Waals surface area (Å²) < 4.78 is 14.2. The van der Waals surface area contributed by atoms with Crippen LogP contribution in [0.1, 0.15) is 23.9 Å². The summed E-state index contributed by atoms with van der Waals surface area (Å²) in [5.74, 6) is 0.631. The minimum atomic E-state index is -0.298. The van der Waals surface area contributed by atoms with Crippen LogP contribution in [0.3, 0.4) is 0 Å². The Morgan fingerprint density at radius 2 is 1.86 bits per heavy atom. The normalized spacial score (nSPS) is 12.5. The van der Waals surface area contributed by atoms with Crippen molar-refractivity contribution < 1.29 is 4.39 Å². The molecule has 2 rings (SSSR count). The number of aromatic nitrogens is 2. The minimum Gasteiger partial charge on any atom is -0.330 e. The standard InChI is InChI=1S/C16H19BrFN3/c1-9(8-19)6-13-10(2)20-16(21-11(13)3)14-7-12(18)4-5-15(14)17/h4-5,7,9H,6,8,19H2,1-3H3. The Kier molecular flexibility index (Phi) is 5.06. The van der Waals surface area contributed by atoms with Crippen molar-refractivity contribution in [1.29, 1.82) is 0 Å². The highest BCUT2D eigenvalue weighted by atomic mass is 79.9. The van der Waals surface area contributed by atoms with Gasteiger partial charge in [-0.15, -0.1) is 0 Å². The van der Waals surface area contributed by atoms with Gasteiger partial charge in [0, 0.05) is 21.4 Å². The van der Waals surface area contributed by atoms with E-state index in [4.69, 9.17) is 5.73 Å². The molecule has 0 radical (unpaired) electrons. The number of hydrogen-bond donors (Lipinski definition) is 1. The second-order valence-corrected chi connectivity index (χ2v) is 6.22. The van der Waals surface area contributed by atoms with E-state index in [1.807, 2.05) is 13.8 Å². The van der Waals surface area contributed by atoms with Gasteiger partial charge in [-0.1, -0.05) is 22.9 Å². The summed E-state index contributed by atoms with van der Waals surface area (Å²) in [6, 6.07) is 4.52. The maximum Gasteiger partial charge on any atom is 0.160 e. The van der Waals surface area contributed by atoms with Gasteiger partial charge in [0.2, 0.25) is 0 Å². The van der Waals surface area contributed by atoms with Crippen LogP contribution in [-0.2, 0) is 6.42 Å². The molecule has 1 unspecified atom stereocenters. The van der Waals surface area contributed by atoms with Gasteiger partial charge in [0.15, 0.2) is 5.82 Å². The van der Waals surface area contributed by atoms with Crippen LogP contribution in [-0.4, -0.2) is 16.5 Å². The lowest BCUT2D eigenvalue weighted by Gasteiger charge is -2.14. The molecule has 3 nitrogen and oxygen atoms in total. The molecule has 5 heteroatoms. The molecule has 1 aromatic heterocycles. The largest absolute Gasteiger partial charge is 0.330 e. The number of nitrogens with two attached hydrogens (primary N) is 1. The molecule has 21 heavy (non-hydrogen) atoms. The summed E-state index contributed by atoms with van der Waals surface area (Å²) in [7, 11) is 0. The Morgan fingerprint density at radius 3 is 2.43 bits per heavy atom. The van der Waals surface area contributed by atoms with Gasteiger partial charge in [0.1, 0.15) is 5.82 Å². The average Bonchev–Trinajstić information content (AvgIpc) is 2.44. The maximum atomic E-state index is 13.4. The van der Waals surface area contributed by atoms with Gasteiger partial charge in [-0.05, 0) is 56.5 Å².